The lowest BCUT2D eigenvalue weighted by molar-refractivity contribution is -0.427. The molecular weight excluding hydrogens is 132 g/mol. The van der Waals surface area contributed by atoms with E-state index in [4.69, 9.17) is 0 Å². The molecule has 0 aliphatic carbocycles. The fourth-order valence-electron chi connectivity index (χ4n) is 0.781. The minimum atomic E-state index is -0.361. The van der Waals surface area contributed by atoms with Gasteiger partial charge in [0.1, 0.15) is 6.54 Å². The van der Waals surface area contributed by atoms with Crippen molar-refractivity contribution in [3.05, 3.63) is 34.2 Å². The molecule has 10 heavy (non-hydrogen) atoms. The Hall–Kier alpha value is -1.32. The van der Waals surface area contributed by atoms with E-state index in [2.05, 4.69) is 0 Å². The van der Waals surface area contributed by atoms with Crippen LogP contribution in [0.1, 0.15) is 0 Å². The van der Waals surface area contributed by atoms with Crippen molar-refractivity contribution < 1.29 is 4.92 Å². The van der Waals surface area contributed by atoms with Gasteiger partial charge in [-0.1, -0.05) is 0 Å². The Morgan fingerprint density at radius 1 is 1.80 bits per heavy atom. The number of hydrogen-bond donors (Lipinski definition) is 0. The van der Waals surface area contributed by atoms with E-state index in [-0.39, 0.29) is 10.6 Å². The summed E-state index contributed by atoms with van der Waals surface area (Å²) in [5, 5.41) is 10.2. The molecule has 1 aliphatic heterocycles. The highest BCUT2D eigenvalue weighted by molar-refractivity contribution is 5.12. The third-order valence-electron chi connectivity index (χ3n) is 1.28. The van der Waals surface area contributed by atoms with E-state index in [9.17, 15) is 10.1 Å². The van der Waals surface area contributed by atoms with Gasteiger partial charge >= 0.3 is 0 Å². The molecule has 0 saturated carbocycles. The Bertz CT molecular complexity index is 208. The molecular formula is C6H8N2O2. The van der Waals surface area contributed by atoms with Gasteiger partial charge in [0, 0.05) is 13.1 Å². The molecule has 0 aromatic rings. The first-order valence-electron chi connectivity index (χ1n) is 2.92. The lowest BCUT2D eigenvalue weighted by atomic mass is 10.3. The second-order valence-corrected chi connectivity index (χ2v) is 2.17. The van der Waals surface area contributed by atoms with Gasteiger partial charge in [-0.3, -0.25) is 10.1 Å². The van der Waals surface area contributed by atoms with Crippen LogP contribution in [0, 0.1) is 10.1 Å². The second-order valence-electron chi connectivity index (χ2n) is 2.17. The summed E-state index contributed by atoms with van der Waals surface area (Å²) in [5.41, 5.74) is 0.241. The molecule has 0 atom stereocenters. The molecule has 0 saturated heterocycles. The van der Waals surface area contributed by atoms with Gasteiger partial charge in [-0.15, -0.1) is 0 Å². The zero-order valence-corrected chi connectivity index (χ0v) is 5.65. The first-order valence-corrected chi connectivity index (χ1v) is 2.92. The second kappa shape index (κ2) is 2.51. The van der Waals surface area contributed by atoms with E-state index in [1.807, 2.05) is 0 Å². The number of rotatable bonds is 1. The maximum atomic E-state index is 10.2. The summed E-state index contributed by atoms with van der Waals surface area (Å²) in [6.07, 6.45) is 4.98. The molecule has 54 valence electrons. The highest BCUT2D eigenvalue weighted by atomic mass is 16.6. The topological polar surface area (TPSA) is 46.4 Å². The summed E-state index contributed by atoms with van der Waals surface area (Å²) in [6, 6.07) is 0. The van der Waals surface area contributed by atoms with E-state index in [1.165, 1.54) is 6.08 Å². The van der Waals surface area contributed by atoms with Crippen molar-refractivity contribution in [3.8, 4) is 0 Å². The molecule has 0 unspecified atom stereocenters. The van der Waals surface area contributed by atoms with Crippen molar-refractivity contribution in [1.82, 2.24) is 4.90 Å². The Morgan fingerprint density at radius 3 is 2.90 bits per heavy atom. The van der Waals surface area contributed by atoms with Crippen molar-refractivity contribution in [2.75, 3.05) is 13.6 Å². The molecule has 0 spiro atoms. The molecule has 1 aliphatic rings. The first kappa shape index (κ1) is 6.80. The fourth-order valence-corrected chi connectivity index (χ4v) is 0.781. The van der Waals surface area contributed by atoms with Crippen molar-refractivity contribution in [2.24, 2.45) is 0 Å². The highest BCUT2D eigenvalue weighted by Gasteiger charge is 2.12. The van der Waals surface area contributed by atoms with Crippen LogP contribution in [0.5, 0.6) is 0 Å². The number of likely N-dealkylation sites (N-methyl/N-ethyl adjacent to an activating group) is 1. The predicted molar refractivity (Wildman–Crippen MR) is 36.8 cm³/mol. The zero-order chi connectivity index (χ0) is 7.56. The number of hydrogen-bond acceptors (Lipinski definition) is 3. The Balaban J connectivity index is 2.71. The third kappa shape index (κ3) is 1.34. The molecule has 0 fully saturated rings. The van der Waals surface area contributed by atoms with Crippen LogP contribution in [0.3, 0.4) is 0 Å². The van der Waals surface area contributed by atoms with Gasteiger partial charge in [0.15, 0.2) is 0 Å². The smallest absolute Gasteiger partial charge is 0.265 e. The monoisotopic (exact) mass is 140 g/mol. The van der Waals surface area contributed by atoms with Crippen molar-refractivity contribution in [1.29, 1.82) is 0 Å². The summed E-state index contributed by atoms with van der Waals surface area (Å²) >= 11 is 0. The maximum absolute atomic E-state index is 10.2. The van der Waals surface area contributed by atoms with Gasteiger partial charge in [0.05, 0.1) is 4.92 Å². The van der Waals surface area contributed by atoms with Gasteiger partial charge in [-0.2, -0.15) is 0 Å². The largest absolute Gasteiger partial charge is 0.370 e. The zero-order valence-electron chi connectivity index (χ0n) is 5.65. The van der Waals surface area contributed by atoms with Gasteiger partial charge in [0.25, 0.3) is 5.70 Å². The van der Waals surface area contributed by atoms with E-state index in [0.717, 1.165) is 0 Å². The standard InChI is InChI=1S/C6H8N2O2/c1-7-4-2-3-6(5-7)8(9)10/h2-4H,5H2,1H3. The summed E-state index contributed by atoms with van der Waals surface area (Å²) in [5.74, 6) is 0. The Labute approximate surface area is 58.6 Å². The molecule has 0 aromatic carbocycles. The predicted octanol–water partition coefficient (Wildman–Crippen LogP) is 0.606. The summed E-state index contributed by atoms with van der Waals surface area (Å²) in [7, 11) is 1.80. The van der Waals surface area contributed by atoms with Crippen LogP contribution in [0.25, 0.3) is 0 Å². The summed E-state index contributed by atoms with van der Waals surface area (Å²) < 4.78 is 0. The molecule has 0 bridgehead atoms. The van der Waals surface area contributed by atoms with E-state index in [1.54, 1.807) is 24.2 Å². The highest BCUT2D eigenvalue weighted by Crippen LogP contribution is 2.04. The minimum Gasteiger partial charge on any atom is -0.370 e. The number of allylic oxidation sites excluding steroid dienone is 2. The summed E-state index contributed by atoms with van der Waals surface area (Å²) in [4.78, 5) is 11.6. The van der Waals surface area contributed by atoms with Gasteiger partial charge in [-0.05, 0) is 12.3 Å². The summed E-state index contributed by atoms with van der Waals surface area (Å²) in [6.45, 7) is 0.392. The molecule has 1 heterocycles. The first-order chi connectivity index (χ1) is 4.70. The average molecular weight is 140 g/mol. The Morgan fingerprint density at radius 2 is 2.50 bits per heavy atom. The van der Waals surface area contributed by atoms with E-state index in [0.29, 0.717) is 6.54 Å². The lowest BCUT2D eigenvalue weighted by Gasteiger charge is -2.13. The van der Waals surface area contributed by atoms with Crippen LogP contribution < -0.4 is 0 Å². The third-order valence-corrected chi connectivity index (χ3v) is 1.28. The van der Waals surface area contributed by atoms with Gasteiger partial charge < -0.3 is 4.90 Å². The average Bonchev–Trinajstić information content (AvgIpc) is 1.88. The molecule has 1 rings (SSSR count). The molecule has 0 N–H and O–H groups in total. The van der Waals surface area contributed by atoms with Crippen LogP contribution >= 0.6 is 0 Å². The number of nitro groups is 1. The van der Waals surface area contributed by atoms with Crippen molar-refractivity contribution in [3.63, 3.8) is 0 Å². The molecule has 0 aromatic heterocycles. The van der Waals surface area contributed by atoms with Crippen molar-refractivity contribution >= 4 is 0 Å². The van der Waals surface area contributed by atoms with Crippen LogP contribution in [-0.2, 0) is 0 Å². The normalized spacial score (nSPS) is 16.9. The van der Waals surface area contributed by atoms with Gasteiger partial charge in [0.2, 0.25) is 0 Å². The van der Waals surface area contributed by atoms with E-state index < -0.39 is 0 Å². The minimum absolute atomic E-state index is 0.241. The molecule has 4 nitrogen and oxygen atoms in total. The van der Waals surface area contributed by atoms with Crippen LogP contribution in [0.4, 0.5) is 0 Å². The quantitative estimate of drug-likeness (QED) is 0.396. The van der Waals surface area contributed by atoms with Crippen molar-refractivity contribution in [2.45, 2.75) is 0 Å². The van der Waals surface area contributed by atoms with E-state index >= 15 is 0 Å². The molecule has 0 amide bonds. The number of nitrogens with zero attached hydrogens (tertiary/aromatic N) is 2. The van der Waals surface area contributed by atoms with Gasteiger partial charge in [-0.25, -0.2) is 0 Å². The fraction of sp³-hybridized carbons (Fsp3) is 0.333. The van der Waals surface area contributed by atoms with Crippen LogP contribution in [-0.4, -0.2) is 23.4 Å². The molecule has 0 radical (unpaired) electrons. The SMILES string of the molecule is CN1C=CC=C([N+](=O)[O-])C1. The molecule has 4 heteroatoms. The lowest BCUT2D eigenvalue weighted by Crippen LogP contribution is -2.20. The van der Waals surface area contributed by atoms with Crippen LogP contribution in [0.2, 0.25) is 0 Å². The van der Waals surface area contributed by atoms with Crippen LogP contribution in [0.15, 0.2) is 24.0 Å². The maximum Gasteiger partial charge on any atom is 0.265 e. The Kier molecular flexibility index (Phi) is 1.71.